The molecule has 0 unspecified atom stereocenters. The number of amides is 1. The molecule has 1 amide bonds. The second kappa shape index (κ2) is 12.2. The maximum absolute atomic E-state index is 13.1. The number of rotatable bonds is 8. The number of aryl methyl sites for hydroxylation is 1. The van der Waals surface area contributed by atoms with Gasteiger partial charge in [0.2, 0.25) is 5.95 Å². The zero-order valence-electron chi connectivity index (χ0n) is 23.5. The van der Waals surface area contributed by atoms with Gasteiger partial charge in [-0.25, -0.2) is 4.98 Å². The Balaban J connectivity index is 1.27. The van der Waals surface area contributed by atoms with Crippen molar-refractivity contribution in [1.29, 1.82) is 0 Å². The molecule has 0 atom stereocenters. The van der Waals surface area contributed by atoms with Gasteiger partial charge >= 0.3 is 0 Å². The predicted octanol–water partition coefficient (Wildman–Crippen LogP) is 5.43. The van der Waals surface area contributed by atoms with Crippen molar-refractivity contribution in [2.75, 3.05) is 36.4 Å². The van der Waals surface area contributed by atoms with Crippen LogP contribution in [0.4, 0.5) is 17.5 Å². The molecule has 1 fully saturated rings. The number of hydrogen-bond donors (Lipinski definition) is 1. The molecule has 12 heteroatoms. The Morgan fingerprint density at radius 1 is 0.977 bits per heavy atom. The van der Waals surface area contributed by atoms with Crippen molar-refractivity contribution in [1.82, 2.24) is 24.4 Å². The average molecular weight is 642 g/mol. The summed E-state index contributed by atoms with van der Waals surface area (Å²) in [5, 5.41) is 14.5. The van der Waals surface area contributed by atoms with Gasteiger partial charge in [-0.15, -0.1) is 0 Å². The second-order valence-electron chi connectivity index (χ2n) is 10.5. The van der Waals surface area contributed by atoms with Crippen LogP contribution in [0.1, 0.15) is 27.0 Å². The molecule has 3 aromatic carbocycles. The smallest absolute Gasteiger partial charge is 0.269 e. The summed E-state index contributed by atoms with van der Waals surface area (Å²) in [4.78, 5) is 42.2. The minimum atomic E-state index is -0.409. The van der Waals surface area contributed by atoms with Crippen molar-refractivity contribution in [2.24, 2.45) is 0 Å². The minimum Gasteiger partial charge on any atom is -0.364 e. The van der Waals surface area contributed by atoms with Gasteiger partial charge in [0.15, 0.2) is 17.0 Å². The van der Waals surface area contributed by atoms with Crippen molar-refractivity contribution in [3.63, 3.8) is 0 Å². The Labute approximate surface area is 256 Å². The lowest BCUT2D eigenvalue weighted by atomic mass is 10.1. The molecule has 2 aromatic heterocycles. The first-order chi connectivity index (χ1) is 20.8. The summed E-state index contributed by atoms with van der Waals surface area (Å²) in [6.45, 7) is 5.31. The van der Waals surface area contributed by atoms with Crippen molar-refractivity contribution >= 4 is 50.5 Å². The fourth-order valence-corrected chi connectivity index (χ4v) is 5.44. The summed E-state index contributed by atoms with van der Waals surface area (Å²) in [5.41, 5.74) is 5.19. The number of aromatic nitrogens is 4. The first kappa shape index (κ1) is 28.3. The molecule has 0 saturated carbocycles. The fourth-order valence-electron chi connectivity index (χ4n) is 5.04. The summed E-state index contributed by atoms with van der Waals surface area (Å²) in [6, 6.07) is 22.2. The van der Waals surface area contributed by atoms with E-state index in [1.54, 1.807) is 18.5 Å². The van der Waals surface area contributed by atoms with Gasteiger partial charge in [-0.05, 0) is 36.2 Å². The van der Waals surface area contributed by atoms with E-state index in [1.165, 1.54) is 17.7 Å². The van der Waals surface area contributed by atoms with Crippen LogP contribution in [0.3, 0.4) is 0 Å². The topological polar surface area (TPSA) is 122 Å². The van der Waals surface area contributed by atoms with E-state index in [0.29, 0.717) is 67.8 Å². The molecule has 0 spiro atoms. The predicted molar refractivity (Wildman–Crippen MR) is 168 cm³/mol. The third kappa shape index (κ3) is 6.33. The number of halogens is 1. The zero-order chi connectivity index (χ0) is 29.9. The fraction of sp³-hybridized carbons (Fsp3) is 0.226. The standard InChI is InChI=1S/C31H29BrN8O3/c1-21-5-7-22(8-6-21)18-33-28-27-29(39(20-34-27)19-23-9-11-26(12-10-23)40(42)43)36-31(35-28)38-15-13-37(14-16-38)30(41)24-3-2-4-25(32)17-24/h2-12,17,20H,13-16,18-19H2,1H3,(H,33,35,36). The summed E-state index contributed by atoms with van der Waals surface area (Å²) in [5.74, 6) is 1.17. The van der Waals surface area contributed by atoms with E-state index < -0.39 is 4.92 Å². The lowest BCUT2D eigenvalue weighted by Crippen LogP contribution is -2.49. The molecular weight excluding hydrogens is 612 g/mol. The molecule has 218 valence electrons. The lowest BCUT2D eigenvalue weighted by molar-refractivity contribution is -0.384. The first-order valence-corrected chi connectivity index (χ1v) is 14.7. The maximum Gasteiger partial charge on any atom is 0.269 e. The Morgan fingerprint density at radius 2 is 1.70 bits per heavy atom. The van der Waals surface area contributed by atoms with Crippen LogP contribution in [0.5, 0.6) is 0 Å². The zero-order valence-corrected chi connectivity index (χ0v) is 25.1. The molecule has 0 aliphatic carbocycles. The van der Waals surface area contributed by atoms with Crippen LogP contribution in [0.25, 0.3) is 11.2 Å². The van der Waals surface area contributed by atoms with E-state index in [9.17, 15) is 14.9 Å². The van der Waals surface area contributed by atoms with Crippen LogP contribution in [0, 0.1) is 17.0 Å². The Bertz CT molecular complexity index is 1780. The monoisotopic (exact) mass is 640 g/mol. The number of fused-ring (bicyclic) bond motifs is 1. The van der Waals surface area contributed by atoms with Gasteiger partial charge in [0.05, 0.1) is 17.8 Å². The minimum absolute atomic E-state index is 0.000974. The Hall–Kier alpha value is -4.84. The van der Waals surface area contributed by atoms with Gasteiger partial charge in [-0.3, -0.25) is 14.9 Å². The summed E-state index contributed by atoms with van der Waals surface area (Å²) >= 11 is 3.45. The van der Waals surface area contributed by atoms with E-state index >= 15 is 0 Å². The number of carbonyl (C=O) groups is 1. The van der Waals surface area contributed by atoms with E-state index in [0.717, 1.165) is 15.6 Å². The molecule has 11 nitrogen and oxygen atoms in total. The highest BCUT2D eigenvalue weighted by Gasteiger charge is 2.25. The molecule has 1 N–H and O–H groups in total. The highest BCUT2D eigenvalue weighted by molar-refractivity contribution is 9.10. The number of imidazole rings is 1. The number of nitrogens with one attached hydrogen (secondary N) is 1. The number of piperazine rings is 1. The van der Waals surface area contributed by atoms with Gasteiger partial charge in [0.25, 0.3) is 11.6 Å². The quantitative estimate of drug-likeness (QED) is 0.176. The number of benzene rings is 3. The summed E-state index contributed by atoms with van der Waals surface area (Å²) < 4.78 is 2.79. The summed E-state index contributed by atoms with van der Waals surface area (Å²) in [6.07, 6.45) is 1.72. The van der Waals surface area contributed by atoms with Crippen molar-refractivity contribution in [2.45, 2.75) is 20.0 Å². The number of non-ortho nitro benzene ring substituents is 1. The van der Waals surface area contributed by atoms with Crippen LogP contribution in [-0.4, -0.2) is 61.4 Å². The Kier molecular flexibility index (Phi) is 8.01. The number of carbonyl (C=O) groups excluding carboxylic acids is 1. The summed E-state index contributed by atoms with van der Waals surface area (Å²) in [7, 11) is 0. The third-order valence-electron chi connectivity index (χ3n) is 7.45. The number of nitrogens with zero attached hydrogens (tertiary/aromatic N) is 7. The van der Waals surface area contributed by atoms with Crippen LogP contribution < -0.4 is 10.2 Å². The van der Waals surface area contributed by atoms with Crippen LogP contribution in [0.2, 0.25) is 0 Å². The first-order valence-electron chi connectivity index (χ1n) is 13.9. The van der Waals surface area contributed by atoms with Gasteiger partial charge in [-0.2, -0.15) is 9.97 Å². The number of anilines is 2. The molecule has 0 bridgehead atoms. The van der Waals surface area contributed by atoms with Gasteiger partial charge in [-0.1, -0.05) is 64.0 Å². The second-order valence-corrected chi connectivity index (χ2v) is 11.4. The number of nitro groups is 1. The van der Waals surface area contributed by atoms with Crippen LogP contribution in [0.15, 0.2) is 83.6 Å². The maximum atomic E-state index is 13.1. The molecular formula is C31H29BrN8O3. The molecule has 43 heavy (non-hydrogen) atoms. The molecule has 1 aliphatic rings. The molecule has 3 heterocycles. The van der Waals surface area contributed by atoms with E-state index in [1.807, 2.05) is 33.7 Å². The van der Waals surface area contributed by atoms with Crippen molar-refractivity contribution in [3.05, 3.63) is 116 Å². The molecule has 6 rings (SSSR count). The van der Waals surface area contributed by atoms with E-state index in [4.69, 9.17) is 9.97 Å². The van der Waals surface area contributed by atoms with E-state index in [2.05, 4.69) is 62.3 Å². The molecule has 0 radical (unpaired) electrons. The lowest BCUT2D eigenvalue weighted by Gasteiger charge is -2.35. The van der Waals surface area contributed by atoms with Crippen LogP contribution in [-0.2, 0) is 13.1 Å². The van der Waals surface area contributed by atoms with Crippen LogP contribution >= 0.6 is 15.9 Å². The van der Waals surface area contributed by atoms with E-state index in [-0.39, 0.29) is 11.6 Å². The van der Waals surface area contributed by atoms with Crippen molar-refractivity contribution < 1.29 is 9.72 Å². The SMILES string of the molecule is Cc1ccc(CNc2nc(N3CCN(C(=O)c4cccc(Br)c4)CC3)nc3c2ncn3Cc2ccc([N+](=O)[O-])cc2)cc1. The highest BCUT2D eigenvalue weighted by Crippen LogP contribution is 2.26. The largest absolute Gasteiger partial charge is 0.364 e. The average Bonchev–Trinajstić information content (AvgIpc) is 3.43. The third-order valence-corrected chi connectivity index (χ3v) is 7.95. The van der Waals surface area contributed by atoms with Crippen molar-refractivity contribution in [3.8, 4) is 0 Å². The van der Waals surface area contributed by atoms with Gasteiger partial charge < -0.3 is 19.7 Å². The van der Waals surface area contributed by atoms with Gasteiger partial charge in [0, 0.05) is 54.9 Å². The number of nitro benzene ring substituents is 1. The highest BCUT2D eigenvalue weighted by atomic mass is 79.9. The Morgan fingerprint density at radius 3 is 2.40 bits per heavy atom. The molecule has 1 aliphatic heterocycles. The van der Waals surface area contributed by atoms with Gasteiger partial charge in [0.1, 0.15) is 0 Å². The molecule has 1 saturated heterocycles. The normalized spacial score (nSPS) is 13.3. The molecule has 5 aromatic rings. The number of hydrogen-bond acceptors (Lipinski definition) is 8.